The monoisotopic (exact) mass is 258 g/mol. The number of aryl methyl sites for hydroxylation is 1. The molecule has 1 unspecified atom stereocenters. The summed E-state index contributed by atoms with van der Waals surface area (Å²) in [5.41, 5.74) is 1.65. The lowest BCUT2D eigenvalue weighted by Crippen LogP contribution is -2.06. The van der Waals surface area contributed by atoms with E-state index in [1.165, 1.54) is 32.1 Å². The van der Waals surface area contributed by atoms with Crippen molar-refractivity contribution in [1.29, 1.82) is 0 Å². The Morgan fingerprint density at radius 3 is 3.05 bits per heavy atom. The zero-order chi connectivity index (χ0) is 12.9. The SMILES string of the molecule is Cn1cc(Cc2noc(C3CCCC34CC4)n2)cn1. The van der Waals surface area contributed by atoms with Crippen molar-refractivity contribution in [2.75, 3.05) is 0 Å². The maximum atomic E-state index is 5.51. The van der Waals surface area contributed by atoms with Gasteiger partial charge in [-0.25, -0.2) is 0 Å². The number of hydrogen-bond acceptors (Lipinski definition) is 4. The Labute approximate surface area is 112 Å². The Kier molecular flexibility index (Phi) is 2.31. The summed E-state index contributed by atoms with van der Waals surface area (Å²) in [7, 11) is 1.92. The van der Waals surface area contributed by atoms with Gasteiger partial charge in [-0.3, -0.25) is 4.68 Å². The molecular formula is C14H18N4O. The van der Waals surface area contributed by atoms with Gasteiger partial charge in [-0.1, -0.05) is 11.6 Å². The van der Waals surface area contributed by atoms with Crippen LogP contribution in [0.2, 0.25) is 0 Å². The normalized spacial score (nSPS) is 24.2. The van der Waals surface area contributed by atoms with Crippen molar-refractivity contribution in [2.24, 2.45) is 12.5 Å². The summed E-state index contributed by atoms with van der Waals surface area (Å²) in [6, 6.07) is 0. The van der Waals surface area contributed by atoms with Crippen LogP contribution in [0.3, 0.4) is 0 Å². The minimum Gasteiger partial charge on any atom is -0.339 e. The second-order valence-corrected chi connectivity index (χ2v) is 6.06. The van der Waals surface area contributed by atoms with E-state index in [0.29, 0.717) is 17.8 Å². The molecule has 0 aromatic carbocycles. The van der Waals surface area contributed by atoms with Gasteiger partial charge in [-0.15, -0.1) is 0 Å². The van der Waals surface area contributed by atoms with E-state index in [4.69, 9.17) is 4.52 Å². The molecule has 2 aliphatic rings. The molecule has 0 saturated heterocycles. The van der Waals surface area contributed by atoms with Crippen LogP contribution in [0.4, 0.5) is 0 Å². The quantitative estimate of drug-likeness (QED) is 0.848. The van der Waals surface area contributed by atoms with E-state index in [1.807, 2.05) is 19.4 Å². The molecule has 0 aliphatic heterocycles. The average molecular weight is 258 g/mol. The molecule has 2 heterocycles. The molecule has 0 radical (unpaired) electrons. The highest BCUT2D eigenvalue weighted by Crippen LogP contribution is 2.64. The van der Waals surface area contributed by atoms with Gasteiger partial charge in [-0.05, 0) is 36.7 Å². The van der Waals surface area contributed by atoms with E-state index in [1.54, 1.807) is 4.68 Å². The molecular weight excluding hydrogens is 240 g/mol. The van der Waals surface area contributed by atoms with Crippen molar-refractivity contribution in [1.82, 2.24) is 19.9 Å². The second kappa shape index (κ2) is 3.92. The molecule has 1 atom stereocenters. The van der Waals surface area contributed by atoms with E-state index in [-0.39, 0.29) is 0 Å². The summed E-state index contributed by atoms with van der Waals surface area (Å²) >= 11 is 0. The van der Waals surface area contributed by atoms with Crippen molar-refractivity contribution >= 4 is 0 Å². The van der Waals surface area contributed by atoms with Gasteiger partial charge in [0.1, 0.15) is 0 Å². The molecule has 2 fully saturated rings. The Bertz CT molecular complexity index is 596. The fraction of sp³-hybridized carbons (Fsp3) is 0.643. The third kappa shape index (κ3) is 1.88. The summed E-state index contributed by atoms with van der Waals surface area (Å²) in [6.07, 6.45) is 11.1. The average Bonchev–Trinajstić information content (AvgIpc) is 2.76. The van der Waals surface area contributed by atoms with E-state index >= 15 is 0 Å². The third-order valence-electron chi connectivity index (χ3n) is 4.70. The van der Waals surface area contributed by atoms with Crippen molar-refractivity contribution in [3.8, 4) is 0 Å². The first-order chi connectivity index (χ1) is 9.25. The first kappa shape index (κ1) is 11.2. The Hall–Kier alpha value is -1.65. The minimum absolute atomic E-state index is 0.516. The summed E-state index contributed by atoms with van der Waals surface area (Å²) in [5, 5.41) is 8.30. The van der Waals surface area contributed by atoms with Crippen molar-refractivity contribution in [3.05, 3.63) is 29.7 Å². The lowest BCUT2D eigenvalue weighted by Gasteiger charge is -2.12. The van der Waals surface area contributed by atoms with Gasteiger partial charge >= 0.3 is 0 Å². The van der Waals surface area contributed by atoms with E-state index < -0.39 is 0 Å². The van der Waals surface area contributed by atoms with Crippen LogP contribution < -0.4 is 0 Å². The number of nitrogens with zero attached hydrogens (tertiary/aromatic N) is 4. The highest BCUT2D eigenvalue weighted by atomic mass is 16.5. The highest BCUT2D eigenvalue weighted by Gasteiger charge is 2.54. The molecule has 0 bridgehead atoms. The van der Waals surface area contributed by atoms with Crippen LogP contribution in [0.5, 0.6) is 0 Å². The van der Waals surface area contributed by atoms with Crippen LogP contribution >= 0.6 is 0 Å². The number of aromatic nitrogens is 4. The van der Waals surface area contributed by atoms with Crippen LogP contribution in [0.25, 0.3) is 0 Å². The molecule has 0 amide bonds. The standard InChI is InChI=1S/C14H18N4O/c1-18-9-10(8-15-18)7-12-16-13(19-17-12)11-3-2-4-14(11)5-6-14/h8-9,11H,2-7H2,1H3. The van der Waals surface area contributed by atoms with Crippen LogP contribution in [-0.4, -0.2) is 19.9 Å². The molecule has 2 aromatic heterocycles. The maximum absolute atomic E-state index is 5.51. The lowest BCUT2D eigenvalue weighted by molar-refractivity contribution is 0.312. The van der Waals surface area contributed by atoms with Gasteiger partial charge in [0.2, 0.25) is 5.89 Å². The van der Waals surface area contributed by atoms with E-state index in [2.05, 4.69) is 15.2 Å². The second-order valence-electron chi connectivity index (χ2n) is 6.06. The largest absolute Gasteiger partial charge is 0.339 e. The highest BCUT2D eigenvalue weighted by molar-refractivity contribution is 5.15. The zero-order valence-electron chi connectivity index (χ0n) is 11.2. The predicted octanol–water partition coefficient (Wildman–Crippen LogP) is 2.44. The smallest absolute Gasteiger partial charge is 0.230 e. The molecule has 0 N–H and O–H groups in total. The Balaban J connectivity index is 1.53. The molecule has 4 rings (SSSR count). The van der Waals surface area contributed by atoms with Crippen molar-refractivity contribution < 1.29 is 4.52 Å². The van der Waals surface area contributed by atoms with Crippen LogP contribution in [0.1, 0.15) is 55.3 Å². The number of rotatable bonds is 3. The summed E-state index contributed by atoms with van der Waals surface area (Å²) in [4.78, 5) is 4.62. The van der Waals surface area contributed by atoms with Crippen molar-refractivity contribution in [3.63, 3.8) is 0 Å². The van der Waals surface area contributed by atoms with E-state index in [0.717, 1.165) is 17.3 Å². The molecule has 5 heteroatoms. The minimum atomic E-state index is 0.516. The molecule has 2 aliphatic carbocycles. The van der Waals surface area contributed by atoms with Crippen molar-refractivity contribution in [2.45, 2.75) is 44.4 Å². The first-order valence-electron chi connectivity index (χ1n) is 7.05. The van der Waals surface area contributed by atoms with Gasteiger partial charge in [0.15, 0.2) is 5.82 Å². The van der Waals surface area contributed by atoms with Gasteiger partial charge in [0.25, 0.3) is 0 Å². The predicted molar refractivity (Wildman–Crippen MR) is 68.6 cm³/mol. The third-order valence-corrected chi connectivity index (χ3v) is 4.70. The van der Waals surface area contributed by atoms with Gasteiger partial charge in [0, 0.05) is 25.6 Å². The van der Waals surface area contributed by atoms with Crippen LogP contribution in [0.15, 0.2) is 16.9 Å². The fourth-order valence-corrected chi connectivity index (χ4v) is 3.51. The first-order valence-corrected chi connectivity index (χ1v) is 7.05. The van der Waals surface area contributed by atoms with Gasteiger partial charge in [0.05, 0.1) is 6.20 Å². The molecule has 2 aromatic rings. The fourth-order valence-electron chi connectivity index (χ4n) is 3.51. The molecule has 19 heavy (non-hydrogen) atoms. The van der Waals surface area contributed by atoms with Crippen LogP contribution in [0, 0.1) is 5.41 Å². The molecule has 100 valence electrons. The Morgan fingerprint density at radius 2 is 2.32 bits per heavy atom. The topological polar surface area (TPSA) is 56.7 Å². The summed E-state index contributed by atoms with van der Waals surface area (Å²) in [5.74, 6) is 2.17. The van der Waals surface area contributed by atoms with Crippen LogP contribution in [-0.2, 0) is 13.5 Å². The summed E-state index contributed by atoms with van der Waals surface area (Å²) < 4.78 is 7.31. The molecule has 2 saturated carbocycles. The van der Waals surface area contributed by atoms with E-state index in [9.17, 15) is 0 Å². The Morgan fingerprint density at radius 1 is 1.42 bits per heavy atom. The van der Waals surface area contributed by atoms with Gasteiger partial charge < -0.3 is 4.52 Å². The summed E-state index contributed by atoms with van der Waals surface area (Å²) in [6.45, 7) is 0. The molecule has 1 spiro atoms. The molecule has 5 nitrogen and oxygen atoms in total. The number of hydrogen-bond donors (Lipinski definition) is 0. The van der Waals surface area contributed by atoms with Gasteiger partial charge in [-0.2, -0.15) is 10.1 Å². The zero-order valence-corrected chi connectivity index (χ0v) is 11.2. The maximum Gasteiger partial charge on any atom is 0.230 e. The lowest BCUT2D eigenvalue weighted by atomic mass is 9.93.